The van der Waals surface area contributed by atoms with E-state index in [9.17, 15) is 0 Å². The minimum Gasteiger partial charge on any atom is -0.313 e. The molecule has 1 N–H and O–H groups in total. The second-order valence-corrected chi connectivity index (χ2v) is 3.43. The normalized spacial score (nSPS) is 20.2. The highest BCUT2D eigenvalue weighted by atomic mass is 35.5. The molecule has 0 fully saturated rings. The van der Waals surface area contributed by atoms with Gasteiger partial charge in [-0.1, -0.05) is 24.3 Å². The first-order valence-corrected chi connectivity index (χ1v) is 4.67. The minimum absolute atomic E-state index is 0. The van der Waals surface area contributed by atoms with Gasteiger partial charge in [0.15, 0.2) is 0 Å². The van der Waals surface area contributed by atoms with Crippen molar-refractivity contribution < 1.29 is 0 Å². The van der Waals surface area contributed by atoms with Crippen LogP contribution in [0.4, 0.5) is 0 Å². The van der Waals surface area contributed by atoms with E-state index in [0.29, 0.717) is 6.04 Å². The quantitative estimate of drug-likeness (QED) is 0.730. The van der Waals surface area contributed by atoms with Crippen molar-refractivity contribution >= 4 is 12.4 Å². The number of nitrogens with one attached hydrogen (secondary N) is 1. The highest BCUT2D eigenvalue weighted by molar-refractivity contribution is 5.85. The van der Waals surface area contributed by atoms with E-state index in [2.05, 4.69) is 29.6 Å². The van der Waals surface area contributed by atoms with Crippen LogP contribution in [0.2, 0.25) is 0 Å². The molecule has 1 aromatic rings. The first-order chi connectivity index (χ1) is 5.92. The summed E-state index contributed by atoms with van der Waals surface area (Å²) in [4.78, 5) is 0. The largest absolute Gasteiger partial charge is 0.313 e. The fourth-order valence-corrected chi connectivity index (χ4v) is 2.05. The fourth-order valence-electron chi connectivity index (χ4n) is 2.05. The van der Waals surface area contributed by atoms with Gasteiger partial charge in [0.2, 0.25) is 0 Å². The summed E-state index contributed by atoms with van der Waals surface area (Å²) in [7, 11) is 2.05. The molecule has 1 aliphatic carbocycles. The van der Waals surface area contributed by atoms with Crippen LogP contribution in [-0.4, -0.2) is 7.05 Å². The Hall–Kier alpha value is -0.530. The predicted octanol–water partition coefficient (Wildman–Crippen LogP) is 2.71. The zero-order chi connectivity index (χ0) is 8.39. The molecule has 1 aromatic carbocycles. The fraction of sp³-hybridized carbons (Fsp3) is 0.455. The number of fused-ring (bicyclic) bond motifs is 1. The molecular weight excluding hydrogens is 182 g/mol. The summed E-state index contributed by atoms with van der Waals surface area (Å²) in [5.74, 6) is 0. The molecule has 0 amide bonds. The van der Waals surface area contributed by atoms with Gasteiger partial charge in [0.1, 0.15) is 0 Å². The molecule has 0 bridgehead atoms. The van der Waals surface area contributed by atoms with Crippen LogP contribution in [0.1, 0.15) is 30.0 Å². The lowest BCUT2D eigenvalue weighted by atomic mass is 9.88. The van der Waals surface area contributed by atoms with Crippen LogP contribution < -0.4 is 5.32 Å². The van der Waals surface area contributed by atoms with Gasteiger partial charge in [0, 0.05) is 6.04 Å². The molecule has 0 saturated heterocycles. The third-order valence-corrected chi connectivity index (χ3v) is 2.72. The van der Waals surface area contributed by atoms with E-state index in [4.69, 9.17) is 0 Å². The predicted molar refractivity (Wildman–Crippen MR) is 58.4 cm³/mol. The number of benzene rings is 1. The first-order valence-electron chi connectivity index (χ1n) is 4.67. The zero-order valence-electron chi connectivity index (χ0n) is 7.92. The Morgan fingerprint density at radius 3 is 2.85 bits per heavy atom. The smallest absolute Gasteiger partial charge is 0.0320 e. The Balaban J connectivity index is 0.000000845. The minimum atomic E-state index is 0. The Morgan fingerprint density at radius 1 is 1.31 bits per heavy atom. The standard InChI is InChI=1S/C11H15N.ClH/c1-12-11-8-4-6-9-5-2-3-7-10(9)11;/h2-3,5,7,11-12H,4,6,8H2,1H3;1H/t11-;/m0./s1. The lowest BCUT2D eigenvalue weighted by Crippen LogP contribution is -2.21. The van der Waals surface area contributed by atoms with E-state index in [1.54, 1.807) is 0 Å². The third-order valence-electron chi connectivity index (χ3n) is 2.72. The number of halogens is 1. The van der Waals surface area contributed by atoms with E-state index >= 15 is 0 Å². The van der Waals surface area contributed by atoms with Crippen LogP contribution in [0.5, 0.6) is 0 Å². The summed E-state index contributed by atoms with van der Waals surface area (Å²) in [6, 6.07) is 9.36. The number of hydrogen-bond acceptors (Lipinski definition) is 1. The maximum absolute atomic E-state index is 3.36. The molecule has 0 unspecified atom stereocenters. The second kappa shape index (κ2) is 4.64. The van der Waals surface area contributed by atoms with Gasteiger partial charge in [-0.2, -0.15) is 0 Å². The number of aryl methyl sites for hydroxylation is 1. The molecule has 2 rings (SSSR count). The summed E-state index contributed by atoms with van der Waals surface area (Å²) >= 11 is 0. The van der Waals surface area contributed by atoms with E-state index in [0.717, 1.165) is 0 Å². The van der Waals surface area contributed by atoms with Gasteiger partial charge >= 0.3 is 0 Å². The van der Waals surface area contributed by atoms with E-state index in [1.165, 1.54) is 30.4 Å². The summed E-state index contributed by atoms with van der Waals surface area (Å²) < 4.78 is 0. The Morgan fingerprint density at radius 2 is 2.08 bits per heavy atom. The lowest BCUT2D eigenvalue weighted by molar-refractivity contribution is 0.496. The molecule has 2 heteroatoms. The molecule has 0 heterocycles. The van der Waals surface area contributed by atoms with Crippen LogP contribution >= 0.6 is 12.4 Å². The highest BCUT2D eigenvalue weighted by Gasteiger charge is 2.16. The van der Waals surface area contributed by atoms with Crippen LogP contribution in [0.3, 0.4) is 0 Å². The van der Waals surface area contributed by atoms with Crippen molar-refractivity contribution in [1.29, 1.82) is 0 Å². The summed E-state index contributed by atoms with van der Waals surface area (Å²) in [5.41, 5.74) is 3.04. The lowest BCUT2D eigenvalue weighted by Gasteiger charge is -2.24. The summed E-state index contributed by atoms with van der Waals surface area (Å²) in [6.07, 6.45) is 3.87. The van der Waals surface area contributed by atoms with Gasteiger partial charge < -0.3 is 5.32 Å². The van der Waals surface area contributed by atoms with Gasteiger partial charge in [0.05, 0.1) is 0 Å². The van der Waals surface area contributed by atoms with Gasteiger partial charge in [-0.25, -0.2) is 0 Å². The van der Waals surface area contributed by atoms with Crippen molar-refractivity contribution in [3.05, 3.63) is 35.4 Å². The van der Waals surface area contributed by atoms with Crippen molar-refractivity contribution in [3.63, 3.8) is 0 Å². The van der Waals surface area contributed by atoms with Crippen molar-refractivity contribution in [2.75, 3.05) is 7.05 Å². The maximum Gasteiger partial charge on any atom is 0.0320 e. The molecule has 72 valence electrons. The summed E-state index contributed by atoms with van der Waals surface area (Å²) in [6.45, 7) is 0. The molecule has 0 spiro atoms. The topological polar surface area (TPSA) is 12.0 Å². The van der Waals surface area contributed by atoms with Crippen molar-refractivity contribution in [2.45, 2.75) is 25.3 Å². The van der Waals surface area contributed by atoms with Gasteiger partial charge in [-0.05, 0) is 37.4 Å². The maximum atomic E-state index is 3.36. The number of hydrogen-bond donors (Lipinski definition) is 1. The van der Waals surface area contributed by atoms with Crippen LogP contribution in [-0.2, 0) is 6.42 Å². The molecule has 0 saturated carbocycles. The van der Waals surface area contributed by atoms with Crippen LogP contribution in [0.25, 0.3) is 0 Å². The van der Waals surface area contributed by atoms with E-state index < -0.39 is 0 Å². The highest BCUT2D eigenvalue weighted by Crippen LogP contribution is 2.28. The second-order valence-electron chi connectivity index (χ2n) is 3.43. The molecule has 0 radical (unpaired) electrons. The van der Waals surface area contributed by atoms with Crippen molar-refractivity contribution in [2.24, 2.45) is 0 Å². The molecular formula is C11H16ClN. The van der Waals surface area contributed by atoms with Crippen LogP contribution in [0.15, 0.2) is 24.3 Å². The average molecular weight is 198 g/mol. The van der Waals surface area contributed by atoms with Crippen LogP contribution in [0, 0.1) is 0 Å². The monoisotopic (exact) mass is 197 g/mol. The SMILES string of the molecule is CN[C@H]1CCCc2ccccc21.Cl. The molecule has 1 aliphatic rings. The molecule has 0 aromatic heterocycles. The van der Waals surface area contributed by atoms with Gasteiger partial charge in [-0.15, -0.1) is 12.4 Å². The Kier molecular flexibility index (Phi) is 3.76. The Labute approximate surface area is 86.0 Å². The average Bonchev–Trinajstić information content (AvgIpc) is 2.17. The van der Waals surface area contributed by atoms with E-state index in [-0.39, 0.29) is 12.4 Å². The zero-order valence-corrected chi connectivity index (χ0v) is 8.73. The first kappa shape index (κ1) is 10.6. The summed E-state index contributed by atoms with van der Waals surface area (Å²) in [5, 5.41) is 3.36. The molecule has 1 atom stereocenters. The van der Waals surface area contributed by atoms with Gasteiger partial charge in [0.25, 0.3) is 0 Å². The van der Waals surface area contributed by atoms with Gasteiger partial charge in [-0.3, -0.25) is 0 Å². The van der Waals surface area contributed by atoms with Crippen molar-refractivity contribution in [1.82, 2.24) is 5.32 Å². The third kappa shape index (κ3) is 2.04. The molecule has 0 aliphatic heterocycles. The molecule has 1 nitrogen and oxygen atoms in total. The van der Waals surface area contributed by atoms with E-state index in [1.807, 2.05) is 7.05 Å². The van der Waals surface area contributed by atoms with Crippen molar-refractivity contribution in [3.8, 4) is 0 Å². The Bertz CT molecular complexity index is 273. The molecule has 13 heavy (non-hydrogen) atoms. The number of rotatable bonds is 1.